The van der Waals surface area contributed by atoms with Gasteiger partial charge in [0.15, 0.2) is 0 Å². The van der Waals surface area contributed by atoms with E-state index >= 15 is 0 Å². The van der Waals surface area contributed by atoms with Gasteiger partial charge in [-0.15, -0.1) is 0 Å². The molecule has 0 aliphatic rings. The molecule has 1 unspecified atom stereocenters. The van der Waals surface area contributed by atoms with Gasteiger partial charge in [-0.25, -0.2) is 0 Å². The van der Waals surface area contributed by atoms with Gasteiger partial charge in [-0.1, -0.05) is 33.6 Å². The van der Waals surface area contributed by atoms with Gasteiger partial charge in [0.1, 0.15) is 11.7 Å². The topological polar surface area (TPSA) is 43.4 Å². The Kier molecular flexibility index (Phi) is 6.17. The second-order valence-electron chi connectivity index (χ2n) is 3.40. The van der Waals surface area contributed by atoms with Crippen LogP contribution in [0.5, 0.6) is 0 Å². The summed E-state index contributed by atoms with van der Waals surface area (Å²) in [7, 11) is 1.33. The number of ether oxygens (including phenoxy) is 1. The van der Waals surface area contributed by atoms with Crippen molar-refractivity contribution in [2.45, 2.75) is 40.0 Å². The molecule has 0 rings (SSSR count). The lowest BCUT2D eigenvalue weighted by Crippen LogP contribution is -2.31. The minimum Gasteiger partial charge on any atom is -0.468 e. The van der Waals surface area contributed by atoms with Crippen LogP contribution in [0.4, 0.5) is 0 Å². The molecule has 3 heteroatoms. The van der Waals surface area contributed by atoms with Crippen molar-refractivity contribution in [1.29, 1.82) is 0 Å². The highest BCUT2D eigenvalue weighted by molar-refractivity contribution is 5.99. The molecule has 0 aromatic heterocycles. The molecule has 0 heterocycles. The fourth-order valence-electron chi connectivity index (χ4n) is 1.69. The first-order valence-electron chi connectivity index (χ1n) is 5.22. The zero-order chi connectivity index (χ0) is 11.1. The van der Waals surface area contributed by atoms with Crippen molar-refractivity contribution < 1.29 is 14.3 Å². The predicted molar refractivity (Wildman–Crippen MR) is 54.9 cm³/mol. The third-order valence-corrected chi connectivity index (χ3v) is 2.67. The van der Waals surface area contributed by atoms with E-state index in [9.17, 15) is 9.59 Å². The first-order valence-corrected chi connectivity index (χ1v) is 5.22. The van der Waals surface area contributed by atoms with Crippen molar-refractivity contribution in [2.75, 3.05) is 7.11 Å². The van der Waals surface area contributed by atoms with E-state index in [-0.39, 0.29) is 17.7 Å². The minimum atomic E-state index is -0.556. The monoisotopic (exact) mass is 200 g/mol. The van der Waals surface area contributed by atoms with Crippen LogP contribution >= 0.6 is 0 Å². The third kappa shape index (κ3) is 3.13. The fraction of sp³-hybridized carbons (Fsp3) is 0.818. The summed E-state index contributed by atoms with van der Waals surface area (Å²) in [6.07, 6.45) is 2.07. The maximum atomic E-state index is 11.6. The Balaban J connectivity index is 4.69. The lowest BCUT2D eigenvalue weighted by molar-refractivity contribution is -0.151. The molecule has 0 aromatic carbocycles. The van der Waals surface area contributed by atoms with Crippen LogP contribution in [0.25, 0.3) is 0 Å². The molecular weight excluding hydrogens is 180 g/mol. The van der Waals surface area contributed by atoms with Crippen LogP contribution < -0.4 is 0 Å². The molecule has 0 bridgehead atoms. The summed E-state index contributed by atoms with van der Waals surface area (Å²) in [5.41, 5.74) is 0. The summed E-state index contributed by atoms with van der Waals surface area (Å²) >= 11 is 0. The van der Waals surface area contributed by atoms with E-state index in [1.807, 2.05) is 13.8 Å². The van der Waals surface area contributed by atoms with Crippen molar-refractivity contribution in [3.63, 3.8) is 0 Å². The van der Waals surface area contributed by atoms with Crippen LogP contribution in [0.3, 0.4) is 0 Å². The Morgan fingerprint density at radius 1 is 1.14 bits per heavy atom. The lowest BCUT2D eigenvalue weighted by atomic mass is 9.84. The molecule has 0 aromatic rings. The molecule has 0 aliphatic carbocycles. The first kappa shape index (κ1) is 13.1. The van der Waals surface area contributed by atoms with Crippen molar-refractivity contribution in [2.24, 2.45) is 11.8 Å². The molecule has 0 N–H and O–H groups in total. The van der Waals surface area contributed by atoms with Crippen molar-refractivity contribution >= 4 is 11.8 Å². The van der Waals surface area contributed by atoms with Crippen LogP contribution in [-0.2, 0) is 14.3 Å². The normalized spacial score (nSPS) is 12.6. The number of hydrogen-bond acceptors (Lipinski definition) is 3. The molecule has 0 saturated carbocycles. The number of ketones is 1. The van der Waals surface area contributed by atoms with E-state index in [2.05, 4.69) is 4.74 Å². The van der Waals surface area contributed by atoms with Crippen LogP contribution in [0.15, 0.2) is 0 Å². The quantitative estimate of drug-likeness (QED) is 0.487. The van der Waals surface area contributed by atoms with Gasteiger partial charge < -0.3 is 4.74 Å². The molecule has 0 aliphatic heterocycles. The minimum absolute atomic E-state index is 0.00875. The number of rotatable bonds is 6. The molecule has 82 valence electrons. The number of carbonyl (C=O) groups is 2. The van der Waals surface area contributed by atoms with Gasteiger partial charge in [0.05, 0.1) is 7.11 Å². The van der Waals surface area contributed by atoms with Crippen molar-refractivity contribution in [1.82, 2.24) is 0 Å². The van der Waals surface area contributed by atoms with Crippen LogP contribution in [0.1, 0.15) is 40.0 Å². The van der Waals surface area contributed by atoms with Gasteiger partial charge in [0.25, 0.3) is 0 Å². The second-order valence-corrected chi connectivity index (χ2v) is 3.40. The summed E-state index contributed by atoms with van der Waals surface area (Å²) < 4.78 is 4.66. The standard InChI is InChI=1S/C11H20O3/c1-5-8(6-2)10(9(12)7-3)11(13)14-4/h8,10H,5-7H2,1-4H3. The number of hydrogen-bond donors (Lipinski definition) is 0. The lowest BCUT2D eigenvalue weighted by Gasteiger charge is -2.21. The Morgan fingerprint density at radius 3 is 1.93 bits per heavy atom. The number of Topliss-reactive ketones (excluding diaryl/α,β-unsaturated/α-hetero) is 1. The Hall–Kier alpha value is -0.860. The second kappa shape index (κ2) is 6.57. The highest BCUT2D eigenvalue weighted by Crippen LogP contribution is 2.22. The summed E-state index contributed by atoms with van der Waals surface area (Å²) in [6.45, 7) is 5.76. The predicted octanol–water partition coefficient (Wildman–Crippen LogP) is 2.19. The van der Waals surface area contributed by atoms with E-state index in [0.717, 1.165) is 12.8 Å². The SMILES string of the molecule is CCC(=O)C(C(=O)OC)C(CC)CC. The van der Waals surface area contributed by atoms with E-state index < -0.39 is 5.92 Å². The average molecular weight is 200 g/mol. The Morgan fingerprint density at radius 2 is 1.64 bits per heavy atom. The van der Waals surface area contributed by atoms with Crippen molar-refractivity contribution in [3.8, 4) is 0 Å². The number of carbonyl (C=O) groups excluding carboxylic acids is 2. The maximum Gasteiger partial charge on any atom is 0.316 e. The molecule has 0 fully saturated rings. The summed E-state index contributed by atoms with van der Waals surface area (Å²) in [5, 5.41) is 0. The zero-order valence-corrected chi connectivity index (χ0v) is 9.50. The molecular formula is C11H20O3. The van der Waals surface area contributed by atoms with Crippen LogP contribution in [0.2, 0.25) is 0 Å². The summed E-state index contributed by atoms with van der Waals surface area (Å²) in [4.78, 5) is 23.0. The molecule has 0 amide bonds. The number of esters is 1. The van der Waals surface area contributed by atoms with Gasteiger partial charge in [-0.3, -0.25) is 9.59 Å². The van der Waals surface area contributed by atoms with Gasteiger partial charge >= 0.3 is 5.97 Å². The Labute approximate surface area is 85.8 Å². The molecule has 0 spiro atoms. The van der Waals surface area contributed by atoms with Gasteiger partial charge in [0, 0.05) is 6.42 Å². The van der Waals surface area contributed by atoms with Gasteiger partial charge in [0.2, 0.25) is 0 Å². The van der Waals surface area contributed by atoms with Crippen LogP contribution in [-0.4, -0.2) is 18.9 Å². The molecule has 1 atom stereocenters. The number of methoxy groups -OCH3 is 1. The van der Waals surface area contributed by atoms with E-state index in [1.165, 1.54) is 7.11 Å². The molecule has 14 heavy (non-hydrogen) atoms. The first-order chi connectivity index (χ1) is 6.62. The highest BCUT2D eigenvalue weighted by Gasteiger charge is 2.32. The van der Waals surface area contributed by atoms with Gasteiger partial charge in [-0.2, -0.15) is 0 Å². The molecule has 0 saturated heterocycles. The van der Waals surface area contributed by atoms with E-state index in [4.69, 9.17) is 0 Å². The largest absolute Gasteiger partial charge is 0.468 e. The maximum absolute atomic E-state index is 11.6. The highest BCUT2D eigenvalue weighted by atomic mass is 16.5. The van der Waals surface area contributed by atoms with E-state index in [1.54, 1.807) is 6.92 Å². The molecule has 3 nitrogen and oxygen atoms in total. The van der Waals surface area contributed by atoms with Crippen molar-refractivity contribution in [3.05, 3.63) is 0 Å². The fourth-order valence-corrected chi connectivity index (χ4v) is 1.69. The average Bonchev–Trinajstić information content (AvgIpc) is 2.23. The third-order valence-electron chi connectivity index (χ3n) is 2.67. The summed E-state index contributed by atoms with van der Waals surface area (Å²) in [6, 6.07) is 0. The van der Waals surface area contributed by atoms with Crippen LogP contribution in [0, 0.1) is 11.8 Å². The van der Waals surface area contributed by atoms with Gasteiger partial charge in [-0.05, 0) is 5.92 Å². The zero-order valence-electron chi connectivity index (χ0n) is 9.50. The smallest absolute Gasteiger partial charge is 0.316 e. The Bertz CT molecular complexity index is 179. The van der Waals surface area contributed by atoms with E-state index in [0.29, 0.717) is 6.42 Å². The molecule has 0 radical (unpaired) electrons. The summed E-state index contributed by atoms with van der Waals surface area (Å²) in [5.74, 6) is -0.828.